The average molecular weight is 325 g/mol. The zero-order valence-corrected chi connectivity index (χ0v) is 11.6. The highest BCUT2D eigenvalue weighted by Gasteiger charge is 2.17. The highest BCUT2D eigenvalue weighted by Crippen LogP contribution is 2.26. The summed E-state index contributed by atoms with van der Waals surface area (Å²) in [6.07, 6.45) is 5.61. The van der Waals surface area contributed by atoms with Gasteiger partial charge in [-0.3, -0.25) is 0 Å². The Labute approximate surface area is 118 Å². The van der Waals surface area contributed by atoms with Crippen LogP contribution in [0.2, 0.25) is 0 Å². The SMILES string of the molecule is O=C(Nc1c(Br)cccc1C(=O)O)NC1CC=CC1. The van der Waals surface area contributed by atoms with Crippen LogP contribution in [0.5, 0.6) is 0 Å². The topological polar surface area (TPSA) is 78.4 Å². The molecule has 1 aromatic rings. The molecule has 0 aliphatic heterocycles. The zero-order valence-electron chi connectivity index (χ0n) is 10.0. The Bertz CT molecular complexity index is 535. The van der Waals surface area contributed by atoms with Gasteiger partial charge in [-0.2, -0.15) is 0 Å². The monoisotopic (exact) mass is 324 g/mol. The van der Waals surface area contributed by atoms with E-state index in [4.69, 9.17) is 5.11 Å². The Morgan fingerprint density at radius 1 is 1.26 bits per heavy atom. The molecule has 0 atom stereocenters. The summed E-state index contributed by atoms with van der Waals surface area (Å²) in [6, 6.07) is 4.41. The van der Waals surface area contributed by atoms with Crippen molar-refractivity contribution < 1.29 is 14.7 Å². The lowest BCUT2D eigenvalue weighted by atomic mass is 10.2. The second kappa shape index (κ2) is 5.88. The third kappa shape index (κ3) is 3.35. The quantitative estimate of drug-likeness (QED) is 0.748. The largest absolute Gasteiger partial charge is 0.478 e. The van der Waals surface area contributed by atoms with E-state index in [1.807, 2.05) is 12.2 Å². The first kappa shape index (κ1) is 13.6. The van der Waals surface area contributed by atoms with Crippen LogP contribution in [0, 0.1) is 0 Å². The molecular formula is C13H13BrN2O3. The van der Waals surface area contributed by atoms with Gasteiger partial charge < -0.3 is 15.7 Å². The third-order valence-corrected chi connectivity index (χ3v) is 3.49. The Balaban J connectivity index is 2.09. The van der Waals surface area contributed by atoms with Gasteiger partial charge in [0.15, 0.2) is 0 Å². The molecule has 100 valence electrons. The summed E-state index contributed by atoms with van der Waals surface area (Å²) in [5, 5.41) is 14.5. The molecule has 0 spiro atoms. The van der Waals surface area contributed by atoms with Crippen LogP contribution in [-0.4, -0.2) is 23.1 Å². The maximum atomic E-state index is 11.8. The van der Waals surface area contributed by atoms with E-state index in [9.17, 15) is 9.59 Å². The Morgan fingerprint density at radius 3 is 2.58 bits per heavy atom. The number of para-hydroxylation sites is 1. The number of hydrogen-bond acceptors (Lipinski definition) is 2. The maximum absolute atomic E-state index is 11.8. The van der Waals surface area contributed by atoms with Crippen LogP contribution < -0.4 is 10.6 Å². The molecule has 1 aliphatic rings. The molecule has 2 rings (SSSR count). The highest BCUT2D eigenvalue weighted by molar-refractivity contribution is 9.10. The van der Waals surface area contributed by atoms with Crippen LogP contribution >= 0.6 is 15.9 Å². The van der Waals surface area contributed by atoms with Crippen LogP contribution in [0.25, 0.3) is 0 Å². The number of rotatable bonds is 3. The number of aromatic carboxylic acids is 1. The van der Waals surface area contributed by atoms with Gasteiger partial charge in [-0.15, -0.1) is 0 Å². The minimum absolute atomic E-state index is 0.0501. The molecule has 0 aromatic heterocycles. The number of carbonyl (C=O) groups is 2. The summed E-state index contributed by atoms with van der Waals surface area (Å²) in [5.74, 6) is -1.08. The first-order valence-corrected chi connectivity index (χ1v) is 6.61. The second-order valence-electron chi connectivity index (χ2n) is 4.21. The standard InChI is InChI=1S/C13H13BrN2O3/c14-10-7-3-6-9(12(17)18)11(10)16-13(19)15-8-4-1-2-5-8/h1-3,6-8H,4-5H2,(H,17,18)(H2,15,16,19). The zero-order chi connectivity index (χ0) is 13.8. The van der Waals surface area contributed by atoms with Crippen molar-refractivity contribution in [2.45, 2.75) is 18.9 Å². The summed E-state index contributed by atoms with van der Waals surface area (Å²) in [4.78, 5) is 22.9. The van der Waals surface area contributed by atoms with Crippen LogP contribution in [0.3, 0.4) is 0 Å². The molecule has 0 fully saturated rings. The van der Waals surface area contributed by atoms with Crippen LogP contribution in [0.1, 0.15) is 23.2 Å². The molecule has 19 heavy (non-hydrogen) atoms. The molecule has 0 unspecified atom stereocenters. The van der Waals surface area contributed by atoms with Crippen molar-refractivity contribution in [3.05, 3.63) is 40.4 Å². The van der Waals surface area contributed by atoms with Crippen molar-refractivity contribution in [1.82, 2.24) is 5.32 Å². The van der Waals surface area contributed by atoms with Crippen molar-refractivity contribution in [3.63, 3.8) is 0 Å². The smallest absolute Gasteiger partial charge is 0.337 e. The number of urea groups is 1. The van der Waals surface area contributed by atoms with Gasteiger partial charge in [0, 0.05) is 10.5 Å². The summed E-state index contributed by atoms with van der Waals surface area (Å²) in [6.45, 7) is 0. The van der Waals surface area contributed by atoms with Gasteiger partial charge in [0.1, 0.15) is 0 Å². The van der Waals surface area contributed by atoms with E-state index in [-0.39, 0.29) is 17.3 Å². The van der Waals surface area contributed by atoms with E-state index in [1.54, 1.807) is 12.1 Å². The van der Waals surface area contributed by atoms with E-state index in [0.29, 0.717) is 4.47 Å². The van der Waals surface area contributed by atoms with E-state index in [1.165, 1.54) is 6.07 Å². The van der Waals surface area contributed by atoms with Crippen LogP contribution in [0.4, 0.5) is 10.5 Å². The normalized spacial score (nSPS) is 14.4. The molecule has 3 N–H and O–H groups in total. The molecule has 0 saturated heterocycles. The lowest BCUT2D eigenvalue weighted by Crippen LogP contribution is -2.36. The molecule has 5 nitrogen and oxygen atoms in total. The van der Waals surface area contributed by atoms with Crippen LogP contribution in [0.15, 0.2) is 34.8 Å². The lowest BCUT2D eigenvalue weighted by molar-refractivity contribution is 0.0698. The summed E-state index contributed by atoms with van der Waals surface area (Å²) >= 11 is 3.24. The fourth-order valence-electron chi connectivity index (χ4n) is 1.90. The number of carbonyl (C=O) groups excluding carboxylic acids is 1. The molecule has 1 aromatic carbocycles. The van der Waals surface area contributed by atoms with Crippen molar-refractivity contribution in [1.29, 1.82) is 0 Å². The van der Waals surface area contributed by atoms with Gasteiger partial charge >= 0.3 is 12.0 Å². The molecule has 6 heteroatoms. The lowest BCUT2D eigenvalue weighted by Gasteiger charge is -2.15. The number of halogens is 1. The van der Waals surface area contributed by atoms with Crippen LogP contribution in [-0.2, 0) is 0 Å². The van der Waals surface area contributed by atoms with Gasteiger partial charge in [0.25, 0.3) is 0 Å². The molecule has 1 aliphatic carbocycles. The highest BCUT2D eigenvalue weighted by atomic mass is 79.9. The molecule has 0 bridgehead atoms. The average Bonchev–Trinajstić information content (AvgIpc) is 2.84. The Kier molecular flexibility index (Phi) is 4.21. The number of nitrogens with one attached hydrogen (secondary N) is 2. The number of carboxylic acid groups (broad SMARTS) is 1. The fraction of sp³-hybridized carbons (Fsp3) is 0.231. The summed E-state index contributed by atoms with van der Waals surface area (Å²) < 4.78 is 0.534. The number of benzene rings is 1. The number of carboxylic acids is 1. The van der Waals surface area contributed by atoms with E-state index in [2.05, 4.69) is 26.6 Å². The second-order valence-corrected chi connectivity index (χ2v) is 5.06. The maximum Gasteiger partial charge on any atom is 0.337 e. The van der Waals surface area contributed by atoms with Crippen molar-refractivity contribution in [2.24, 2.45) is 0 Å². The number of amides is 2. The fourth-order valence-corrected chi connectivity index (χ4v) is 2.36. The molecular weight excluding hydrogens is 312 g/mol. The number of anilines is 1. The molecule has 0 saturated carbocycles. The van der Waals surface area contributed by atoms with Crippen molar-refractivity contribution >= 4 is 33.6 Å². The van der Waals surface area contributed by atoms with Gasteiger partial charge in [0.2, 0.25) is 0 Å². The van der Waals surface area contributed by atoms with Gasteiger partial charge in [-0.05, 0) is 40.9 Å². The Morgan fingerprint density at radius 2 is 1.95 bits per heavy atom. The van der Waals surface area contributed by atoms with Crippen molar-refractivity contribution in [2.75, 3.05) is 5.32 Å². The molecule has 0 heterocycles. The molecule has 2 amide bonds. The van der Waals surface area contributed by atoms with E-state index in [0.717, 1.165) is 12.8 Å². The molecule has 0 radical (unpaired) electrons. The summed E-state index contributed by atoms with van der Waals surface area (Å²) in [7, 11) is 0. The minimum Gasteiger partial charge on any atom is -0.478 e. The van der Waals surface area contributed by atoms with Gasteiger partial charge in [-0.25, -0.2) is 9.59 Å². The van der Waals surface area contributed by atoms with Gasteiger partial charge in [0.05, 0.1) is 11.3 Å². The van der Waals surface area contributed by atoms with E-state index < -0.39 is 12.0 Å². The first-order valence-electron chi connectivity index (χ1n) is 5.82. The Hall–Kier alpha value is -1.82. The third-order valence-electron chi connectivity index (χ3n) is 2.83. The van der Waals surface area contributed by atoms with E-state index >= 15 is 0 Å². The predicted molar refractivity (Wildman–Crippen MR) is 75.4 cm³/mol. The first-order chi connectivity index (χ1) is 9.08. The minimum atomic E-state index is -1.08. The van der Waals surface area contributed by atoms with Gasteiger partial charge in [-0.1, -0.05) is 18.2 Å². The predicted octanol–water partition coefficient (Wildman–Crippen LogP) is 2.99. The summed E-state index contributed by atoms with van der Waals surface area (Å²) in [5.41, 5.74) is 0.313. The number of hydrogen-bond donors (Lipinski definition) is 3. The van der Waals surface area contributed by atoms with Crippen molar-refractivity contribution in [3.8, 4) is 0 Å².